The first-order valence-electron chi connectivity index (χ1n) is 6.30. The monoisotopic (exact) mass is 317 g/mol. The molecule has 1 saturated carbocycles. The third-order valence-corrected chi connectivity index (χ3v) is 4.56. The fourth-order valence-electron chi connectivity index (χ4n) is 2.21. The van der Waals surface area contributed by atoms with E-state index in [-0.39, 0.29) is 12.4 Å². The summed E-state index contributed by atoms with van der Waals surface area (Å²) >= 11 is 0. The van der Waals surface area contributed by atoms with Crippen LogP contribution in [0.15, 0.2) is 30.3 Å². The molecule has 0 unspecified atom stereocenters. The Balaban J connectivity index is 1.87. The first-order valence-corrected chi connectivity index (χ1v) is 8.78. The first-order chi connectivity index (χ1) is 9.39. The largest absolute Gasteiger partial charge is 0.445 e. The van der Waals surface area contributed by atoms with Crippen molar-refractivity contribution in [2.45, 2.75) is 31.4 Å². The van der Waals surface area contributed by atoms with E-state index in [0.717, 1.165) is 12.0 Å². The summed E-state index contributed by atoms with van der Waals surface area (Å²) in [5.41, 5.74) is 0.101. The summed E-state index contributed by atoms with van der Waals surface area (Å²) in [6, 6.07) is 9.26. The molecule has 0 radical (unpaired) electrons. The Hall–Kier alpha value is -1.27. The number of ether oxygens (including phenoxy) is 1. The van der Waals surface area contributed by atoms with Crippen molar-refractivity contribution in [1.82, 2.24) is 5.32 Å². The fourth-order valence-corrected chi connectivity index (χ4v) is 3.86. The quantitative estimate of drug-likeness (QED) is 0.846. The molecule has 1 aromatic carbocycles. The standard InChI is InChI=1S/C13H16ClNO4S/c14-20(17,18)10-13(7-4-8-13)15-12(16)19-9-11-5-2-1-3-6-11/h1-3,5-6H,4,7-10H2,(H,15,16). The Bertz CT molecular complexity index is 569. The zero-order chi connectivity index (χ0) is 14.6. The molecule has 1 aliphatic rings. The lowest BCUT2D eigenvalue weighted by atomic mass is 9.78. The van der Waals surface area contributed by atoms with Crippen molar-refractivity contribution < 1.29 is 17.9 Å². The number of nitrogens with one attached hydrogen (secondary N) is 1. The molecule has 1 N–H and O–H groups in total. The van der Waals surface area contributed by atoms with Crippen molar-refractivity contribution >= 4 is 25.8 Å². The Labute approximate surface area is 122 Å². The maximum atomic E-state index is 11.7. The Kier molecular flexibility index (Phi) is 4.55. The van der Waals surface area contributed by atoms with Gasteiger partial charge in [0.1, 0.15) is 6.61 Å². The van der Waals surface area contributed by atoms with Gasteiger partial charge >= 0.3 is 6.09 Å². The number of hydrogen-bond donors (Lipinski definition) is 1. The lowest BCUT2D eigenvalue weighted by molar-refractivity contribution is 0.113. The molecule has 0 atom stereocenters. The molecule has 0 bridgehead atoms. The average Bonchev–Trinajstić information content (AvgIpc) is 2.33. The second-order valence-corrected chi connectivity index (χ2v) is 7.78. The second-order valence-electron chi connectivity index (χ2n) is 5.00. The predicted molar refractivity (Wildman–Crippen MR) is 76.0 cm³/mol. The van der Waals surface area contributed by atoms with Crippen LogP contribution in [0.4, 0.5) is 4.79 Å². The first kappa shape index (κ1) is 15.1. The van der Waals surface area contributed by atoms with E-state index in [1.807, 2.05) is 30.3 Å². The molecular formula is C13H16ClNO4S. The van der Waals surface area contributed by atoms with Gasteiger partial charge < -0.3 is 10.1 Å². The van der Waals surface area contributed by atoms with E-state index in [1.165, 1.54) is 0 Å². The fraction of sp³-hybridized carbons (Fsp3) is 0.462. The van der Waals surface area contributed by atoms with Gasteiger partial charge in [-0.15, -0.1) is 0 Å². The van der Waals surface area contributed by atoms with Crippen molar-refractivity contribution in [2.75, 3.05) is 5.75 Å². The van der Waals surface area contributed by atoms with Crippen LogP contribution in [0.2, 0.25) is 0 Å². The van der Waals surface area contributed by atoms with Crippen LogP contribution in [0, 0.1) is 0 Å². The molecule has 7 heteroatoms. The molecule has 1 fully saturated rings. The van der Waals surface area contributed by atoms with Gasteiger partial charge in [-0.3, -0.25) is 0 Å². The van der Waals surface area contributed by atoms with Crippen LogP contribution < -0.4 is 5.32 Å². The van der Waals surface area contributed by atoms with Gasteiger partial charge in [-0.2, -0.15) is 0 Å². The van der Waals surface area contributed by atoms with Crippen LogP contribution in [0.1, 0.15) is 24.8 Å². The van der Waals surface area contributed by atoms with Gasteiger partial charge in [0.05, 0.1) is 11.3 Å². The molecule has 1 aromatic rings. The summed E-state index contributed by atoms with van der Waals surface area (Å²) in [5.74, 6) is -0.262. The van der Waals surface area contributed by atoms with Crippen LogP contribution >= 0.6 is 10.7 Å². The summed E-state index contributed by atoms with van der Waals surface area (Å²) in [4.78, 5) is 11.7. The molecule has 0 aromatic heterocycles. The number of benzene rings is 1. The van der Waals surface area contributed by atoms with Gasteiger partial charge in [0.25, 0.3) is 0 Å². The smallest absolute Gasteiger partial charge is 0.407 e. The van der Waals surface area contributed by atoms with Gasteiger partial charge in [0.2, 0.25) is 9.05 Å². The summed E-state index contributed by atoms with van der Waals surface area (Å²) in [7, 11) is 1.61. The van der Waals surface area contributed by atoms with Crippen LogP contribution in [0.25, 0.3) is 0 Å². The summed E-state index contributed by atoms with van der Waals surface area (Å²) in [5, 5.41) is 2.63. The lowest BCUT2D eigenvalue weighted by Crippen LogP contribution is -2.57. The van der Waals surface area contributed by atoms with E-state index in [4.69, 9.17) is 15.4 Å². The number of amides is 1. The van der Waals surface area contributed by atoms with Crippen LogP contribution in [0.5, 0.6) is 0 Å². The highest BCUT2D eigenvalue weighted by molar-refractivity contribution is 8.13. The normalized spacial score (nSPS) is 17.1. The Morgan fingerprint density at radius 2 is 1.95 bits per heavy atom. The molecule has 0 spiro atoms. The van der Waals surface area contributed by atoms with E-state index < -0.39 is 20.7 Å². The van der Waals surface area contributed by atoms with Crippen LogP contribution in [0.3, 0.4) is 0 Å². The minimum Gasteiger partial charge on any atom is -0.445 e. The van der Waals surface area contributed by atoms with Crippen molar-refractivity contribution in [1.29, 1.82) is 0 Å². The highest BCUT2D eigenvalue weighted by Gasteiger charge is 2.42. The highest BCUT2D eigenvalue weighted by Crippen LogP contribution is 2.34. The topological polar surface area (TPSA) is 72.5 Å². The third-order valence-electron chi connectivity index (χ3n) is 3.34. The summed E-state index contributed by atoms with van der Waals surface area (Å²) in [6.45, 7) is 0.149. The molecule has 0 heterocycles. The number of halogens is 1. The van der Waals surface area contributed by atoms with Crippen molar-refractivity contribution in [3.8, 4) is 0 Å². The maximum Gasteiger partial charge on any atom is 0.407 e. The summed E-state index contributed by atoms with van der Waals surface area (Å²) in [6.07, 6.45) is 1.44. The molecular weight excluding hydrogens is 302 g/mol. The number of alkyl carbamates (subject to hydrolysis) is 1. The number of hydrogen-bond acceptors (Lipinski definition) is 4. The number of carbonyl (C=O) groups is 1. The lowest BCUT2D eigenvalue weighted by Gasteiger charge is -2.40. The van der Waals surface area contributed by atoms with Crippen LogP contribution in [-0.2, 0) is 20.4 Å². The van der Waals surface area contributed by atoms with Crippen molar-refractivity contribution in [2.24, 2.45) is 0 Å². The third kappa shape index (κ3) is 4.38. The summed E-state index contributed by atoms with van der Waals surface area (Å²) < 4.78 is 27.4. The number of carbonyl (C=O) groups excluding carboxylic acids is 1. The molecule has 110 valence electrons. The Morgan fingerprint density at radius 3 is 2.45 bits per heavy atom. The minimum atomic E-state index is -3.65. The molecule has 1 aliphatic carbocycles. The minimum absolute atomic E-state index is 0.149. The molecule has 20 heavy (non-hydrogen) atoms. The zero-order valence-corrected chi connectivity index (χ0v) is 12.4. The van der Waals surface area contributed by atoms with Crippen molar-refractivity contribution in [3.05, 3.63) is 35.9 Å². The predicted octanol–water partition coefficient (Wildman–Crippen LogP) is 2.40. The molecule has 5 nitrogen and oxygen atoms in total. The van der Waals surface area contributed by atoms with Gasteiger partial charge in [-0.05, 0) is 24.8 Å². The van der Waals surface area contributed by atoms with E-state index in [9.17, 15) is 13.2 Å². The molecule has 1 amide bonds. The van der Waals surface area contributed by atoms with Gasteiger partial charge in [0, 0.05) is 10.7 Å². The van der Waals surface area contributed by atoms with E-state index >= 15 is 0 Å². The number of rotatable bonds is 5. The molecule has 0 saturated heterocycles. The SMILES string of the molecule is O=C(NC1(CS(=O)(=O)Cl)CCC1)OCc1ccccc1. The van der Waals surface area contributed by atoms with Gasteiger partial charge in [-0.25, -0.2) is 13.2 Å². The van der Waals surface area contributed by atoms with E-state index in [0.29, 0.717) is 12.8 Å². The Morgan fingerprint density at radius 1 is 1.30 bits per heavy atom. The zero-order valence-electron chi connectivity index (χ0n) is 10.8. The van der Waals surface area contributed by atoms with Crippen LogP contribution in [-0.4, -0.2) is 25.8 Å². The highest BCUT2D eigenvalue weighted by atomic mass is 35.7. The molecule has 0 aliphatic heterocycles. The van der Waals surface area contributed by atoms with E-state index in [1.54, 1.807) is 0 Å². The van der Waals surface area contributed by atoms with E-state index in [2.05, 4.69) is 5.32 Å². The average molecular weight is 318 g/mol. The van der Waals surface area contributed by atoms with Gasteiger partial charge in [0.15, 0.2) is 0 Å². The second kappa shape index (κ2) is 6.01. The van der Waals surface area contributed by atoms with Crippen molar-refractivity contribution in [3.63, 3.8) is 0 Å². The molecule has 2 rings (SSSR count). The van der Waals surface area contributed by atoms with Gasteiger partial charge in [-0.1, -0.05) is 30.3 Å². The maximum absolute atomic E-state index is 11.7.